The second-order valence-electron chi connectivity index (χ2n) is 4.08. The number of nitrogens with two attached hydrogens (primary N) is 2. The van der Waals surface area contributed by atoms with Gasteiger partial charge in [0.15, 0.2) is 0 Å². The fraction of sp³-hybridized carbons (Fsp3) is 0.154. The molecule has 2 aromatic rings. The van der Waals surface area contributed by atoms with Gasteiger partial charge in [-0.05, 0) is 36.2 Å². The van der Waals surface area contributed by atoms with Gasteiger partial charge in [0.25, 0.3) is 0 Å². The van der Waals surface area contributed by atoms with E-state index < -0.39 is 0 Å². The molecule has 5 N–H and O–H groups in total. The fourth-order valence-corrected chi connectivity index (χ4v) is 1.97. The summed E-state index contributed by atoms with van der Waals surface area (Å²) >= 11 is 0. The summed E-state index contributed by atoms with van der Waals surface area (Å²) in [5.41, 5.74) is 11.2. The van der Waals surface area contributed by atoms with Crippen LogP contribution in [0.1, 0.15) is 22.7 Å². The molecule has 4 nitrogen and oxygen atoms in total. The predicted molar refractivity (Wildman–Crippen MR) is 69.0 cm³/mol. The van der Waals surface area contributed by atoms with Crippen molar-refractivity contribution >= 4 is 5.82 Å². The molecule has 1 atom stereocenters. The Balaban J connectivity index is 2.48. The average molecular weight is 246 g/mol. The highest BCUT2D eigenvalue weighted by atomic mass is 19.1. The first-order valence-electron chi connectivity index (χ1n) is 5.56. The quantitative estimate of drug-likeness (QED) is 0.568. The maximum Gasteiger partial charge on any atom is 0.128 e. The summed E-state index contributed by atoms with van der Waals surface area (Å²) in [7, 11) is 0. The van der Waals surface area contributed by atoms with E-state index >= 15 is 0 Å². The van der Waals surface area contributed by atoms with Crippen LogP contribution >= 0.6 is 0 Å². The standard InChI is InChI=1S/C13H15FN4/c1-8-6-7-17-13(15)11(8)12(18-16)9-2-4-10(14)5-3-9/h2-7,12,18H,16H2,1H3,(H2,15,17). The largest absolute Gasteiger partial charge is 0.383 e. The topological polar surface area (TPSA) is 77.0 Å². The Hall–Kier alpha value is -1.98. The number of hydrazine groups is 1. The highest BCUT2D eigenvalue weighted by Crippen LogP contribution is 2.27. The summed E-state index contributed by atoms with van der Waals surface area (Å²) in [6.07, 6.45) is 1.65. The lowest BCUT2D eigenvalue weighted by atomic mass is 9.96. The highest BCUT2D eigenvalue weighted by Gasteiger charge is 2.18. The van der Waals surface area contributed by atoms with Crippen molar-refractivity contribution in [2.75, 3.05) is 5.73 Å². The Bertz CT molecular complexity index is 519. The first kappa shape index (κ1) is 12.5. The molecule has 0 aliphatic rings. The van der Waals surface area contributed by atoms with E-state index in [1.165, 1.54) is 12.1 Å². The lowest BCUT2D eigenvalue weighted by Crippen LogP contribution is -2.30. The van der Waals surface area contributed by atoms with E-state index in [1.54, 1.807) is 18.3 Å². The van der Waals surface area contributed by atoms with Crippen LogP contribution in [0.5, 0.6) is 0 Å². The number of hydrogen-bond donors (Lipinski definition) is 3. The van der Waals surface area contributed by atoms with Gasteiger partial charge in [0.2, 0.25) is 0 Å². The second-order valence-corrected chi connectivity index (χ2v) is 4.08. The third-order valence-electron chi connectivity index (χ3n) is 2.90. The van der Waals surface area contributed by atoms with E-state index in [9.17, 15) is 4.39 Å². The average Bonchev–Trinajstić information content (AvgIpc) is 2.35. The molecule has 0 saturated carbocycles. The molecule has 0 spiro atoms. The van der Waals surface area contributed by atoms with E-state index in [-0.39, 0.29) is 11.9 Å². The first-order chi connectivity index (χ1) is 8.63. The van der Waals surface area contributed by atoms with Gasteiger partial charge < -0.3 is 5.73 Å². The van der Waals surface area contributed by atoms with Crippen molar-refractivity contribution in [2.24, 2.45) is 5.84 Å². The third-order valence-corrected chi connectivity index (χ3v) is 2.90. The number of hydrogen-bond acceptors (Lipinski definition) is 4. The molecule has 0 aliphatic carbocycles. The molecule has 18 heavy (non-hydrogen) atoms. The third kappa shape index (κ3) is 2.32. The minimum absolute atomic E-state index is 0.287. The van der Waals surface area contributed by atoms with E-state index in [0.29, 0.717) is 5.82 Å². The van der Waals surface area contributed by atoms with Gasteiger partial charge in [0.1, 0.15) is 11.6 Å². The molecule has 5 heteroatoms. The zero-order valence-electron chi connectivity index (χ0n) is 10.0. The zero-order valence-corrected chi connectivity index (χ0v) is 10.0. The molecule has 1 heterocycles. The number of nitrogen functional groups attached to an aromatic ring is 1. The summed E-state index contributed by atoms with van der Waals surface area (Å²) in [5, 5.41) is 0. The van der Waals surface area contributed by atoms with Crippen LogP contribution in [0.2, 0.25) is 0 Å². The molecule has 0 aliphatic heterocycles. The van der Waals surface area contributed by atoms with Crippen LogP contribution < -0.4 is 17.0 Å². The van der Waals surface area contributed by atoms with Crippen molar-refractivity contribution < 1.29 is 4.39 Å². The van der Waals surface area contributed by atoms with Crippen LogP contribution in [0.4, 0.5) is 10.2 Å². The molecule has 2 rings (SSSR count). The molecule has 0 radical (unpaired) electrons. The summed E-state index contributed by atoms with van der Waals surface area (Å²) in [6.45, 7) is 1.93. The number of anilines is 1. The number of halogens is 1. The van der Waals surface area contributed by atoms with Gasteiger partial charge in [-0.3, -0.25) is 5.84 Å². The minimum Gasteiger partial charge on any atom is -0.383 e. The molecule has 0 amide bonds. The molecular weight excluding hydrogens is 231 g/mol. The van der Waals surface area contributed by atoms with Gasteiger partial charge in [0.05, 0.1) is 6.04 Å². The first-order valence-corrected chi connectivity index (χ1v) is 5.56. The van der Waals surface area contributed by atoms with Crippen LogP contribution in [-0.2, 0) is 0 Å². The van der Waals surface area contributed by atoms with Gasteiger partial charge in [-0.2, -0.15) is 0 Å². The number of aromatic nitrogens is 1. The summed E-state index contributed by atoms with van der Waals surface area (Å²) in [4.78, 5) is 4.06. The summed E-state index contributed by atoms with van der Waals surface area (Å²) < 4.78 is 12.9. The van der Waals surface area contributed by atoms with Gasteiger partial charge >= 0.3 is 0 Å². The molecule has 1 aromatic carbocycles. The fourth-order valence-electron chi connectivity index (χ4n) is 1.97. The summed E-state index contributed by atoms with van der Waals surface area (Å²) in [5.74, 6) is 5.72. The van der Waals surface area contributed by atoms with Crippen molar-refractivity contribution in [1.82, 2.24) is 10.4 Å². The lowest BCUT2D eigenvalue weighted by molar-refractivity contribution is 0.614. The minimum atomic E-state index is -0.306. The van der Waals surface area contributed by atoms with Crippen molar-refractivity contribution in [3.8, 4) is 0 Å². The Morgan fingerprint density at radius 3 is 2.44 bits per heavy atom. The molecule has 0 saturated heterocycles. The molecule has 0 fully saturated rings. The number of rotatable bonds is 3. The van der Waals surface area contributed by atoms with E-state index in [0.717, 1.165) is 16.7 Å². The van der Waals surface area contributed by atoms with Crippen molar-refractivity contribution in [3.63, 3.8) is 0 Å². The molecular formula is C13H15FN4. The summed E-state index contributed by atoms with van der Waals surface area (Å²) in [6, 6.07) is 7.68. The van der Waals surface area contributed by atoms with E-state index in [1.807, 2.05) is 13.0 Å². The van der Waals surface area contributed by atoms with Crippen LogP contribution in [0.25, 0.3) is 0 Å². The SMILES string of the molecule is Cc1ccnc(N)c1C(NN)c1ccc(F)cc1. The van der Waals surface area contributed by atoms with Gasteiger partial charge in [-0.15, -0.1) is 0 Å². The Labute approximate surface area is 105 Å². The Kier molecular flexibility index (Phi) is 3.55. The van der Waals surface area contributed by atoms with Gasteiger partial charge in [0, 0.05) is 11.8 Å². The number of aryl methyl sites for hydroxylation is 1. The second kappa shape index (κ2) is 5.12. The number of benzene rings is 1. The molecule has 0 bridgehead atoms. The van der Waals surface area contributed by atoms with Crippen molar-refractivity contribution in [2.45, 2.75) is 13.0 Å². The maximum absolute atomic E-state index is 12.9. The number of pyridine rings is 1. The smallest absolute Gasteiger partial charge is 0.128 e. The van der Waals surface area contributed by atoms with Gasteiger partial charge in [-0.1, -0.05) is 12.1 Å². The molecule has 1 aromatic heterocycles. The van der Waals surface area contributed by atoms with Crippen molar-refractivity contribution in [1.29, 1.82) is 0 Å². The van der Waals surface area contributed by atoms with Crippen LogP contribution in [-0.4, -0.2) is 4.98 Å². The predicted octanol–water partition coefficient (Wildman–Crippen LogP) is 1.66. The lowest BCUT2D eigenvalue weighted by Gasteiger charge is -2.20. The monoisotopic (exact) mass is 246 g/mol. The van der Waals surface area contributed by atoms with Crippen LogP contribution in [0.15, 0.2) is 36.5 Å². The Morgan fingerprint density at radius 1 is 1.22 bits per heavy atom. The molecule has 94 valence electrons. The van der Waals surface area contributed by atoms with Crippen molar-refractivity contribution in [3.05, 3.63) is 59.0 Å². The normalized spacial score (nSPS) is 12.4. The Morgan fingerprint density at radius 2 is 1.89 bits per heavy atom. The molecule has 1 unspecified atom stereocenters. The number of nitrogens with one attached hydrogen (secondary N) is 1. The number of nitrogens with zero attached hydrogens (tertiary/aromatic N) is 1. The highest BCUT2D eigenvalue weighted by molar-refractivity contribution is 5.49. The maximum atomic E-state index is 12.9. The zero-order chi connectivity index (χ0) is 13.1. The van der Waals surface area contributed by atoms with E-state index in [2.05, 4.69) is 10.4 Å². The van der Waals surface area contributed by atoms with Gasteiger partial charge in [-0.25, -0.2) is 14.8 Å². The van der Waals surface area contributed by atoms with Crippen LogP contribution in [0, 0.1) is 12.7 Å². The van der Waals surface area contributed by atoms with E-state index in [4.69, 9.17) is 11.6 Å². The van der Waals surface area contributed by atoms with Crippen LogP contribution in [0.3, 0.4) is 0 Å².